The summed E-state index contributed by atoms with van der Waals surface area (Å²) in [6.45, 7) is 4.81. The first kappa shape index (κ1) is 14.5. The molecule has 5 nitrogen and oxygen atoms in total. The number of hydrogen-bond donors (Lipinski definition) is 0. The highest BCUT2D eigenvalue weighted by molar-refractivity contribution is 5.99. The zero-order valence-corrected chi connectivity index (χ0v) is 12.0. The van der Waals surface area contributed by atoms with E-state index in [0.717, 1.165) is 11.1 Å². The number of benzene rings is 1. The van der Waals surface area contributed by atoms with E-state index in [9.17, 15) is 9.59 Å². The number of carbonyl (C=O) groups is 2. The van der Waals surface area contributed by atoms with Crippen molar-refractivity contribution >= 4 is 11.9 Å². The number of hydrogen-bond acceptors (Lipinski definition) is 4. The van der Waals surface area contributed by atoms with Crippen molar-refractivity contribution in [3.63, 3.8) is 0 Å². The number of nitrogens with zero attached hydrogens (tertiary/aromatic N) is 1. The Balaban J connectivity index is 2.33. The molecule has 1 fully saturated rings. The van der Waals surface area contributed by atoms with E-state index >= 15 is 0 Å². The molecule has 0 bridgehead atoms. The van der Waals surface area contributed by atoms with E-state index in [0.29, 0.717) is 18.7 Å². The van der Waals surface area contributed by atoms with E-state index < -0.39 is 12.0 Å². The lowest BCUT2D eigenvalue weighted by molar-refractivity contribution is -0.151. The first-order chi connectivity index (χ1) is 9.56. The van der Waals surface area contributed by atoms with E-state index in [1.165, 1.54) is 7.11 Å². The molecule has 1 aliphatic heterocycles. The Morgan fingerprint density at radius 2 is 1.95 bits per heavy atom. The number of morpholine rings is 1. The van der Waals surface area contributed by atoms with Crippen LogP contribution >= 0.6 is 0 Å². The van der Waals surface area contributed by atoms with Crippen LogP contribution in [0.1, 0.15) is 21.5 Å². The van der Waals surface area contributed by atoms with Crippen LogP contribution in [0.5, 0.6) is 0 Å². The number of aryl methyl sites for hydroxylation is 2. The zero-order chi connectivity index (χ0) is 14.7. The number of methoxy groups -OCH3 is 1. The lowest BCUT2D eigenvalue weighted by atomic mass is 10.0. The van der Waals surface area contributed by atoms with Gasteiger partial charge in [0.15, 0.2) is 6.04 Å². The van der Waals surface area contributed by atoms with Crippen molar-refractivity contribution in [3.8, 4) is 0 Å². The summed E-state index contributed by atoms with van der Waals surface area (Å²) in [7, 11) is 1.32. The maximum atomic E-state index is 12.7. The molecule has 0 radical (unpaired) electrons. The maximum Gasteiger partial charge on any atom is 0.331 e. The lowest BCUT2D eigenvalue weighted by Crippen LogP contribution is -2.53. The van der Waals surface area contributed by atoms with Gasteiger partial charge in [-0.1, -0.05) is 18.2 Å². The topological polar surface area (TPSA) is 55.8 Å². The fraction of sp³-hybridized carbons (Fsp3) is 0.467. The van der Waals surface area contributed by atoms with Crippen LogP contribution in [-0.2, 0) is 14.3 Å². The summed E-state index contributed by atoms with van der Waals surface area (Å²) in [5.41, 5.74) is 2.47. The van der Waals surface area contributed by atoms with Gasteiger partial charge in [-0.25, -0.2) is 4.79 Å². The quantitative estimate of drug-likeness (QED) is 0.765. The van der Waals surface area contributed by atoms with Crippen LogP contribution in [0.4, 0.5) is 0 Å². The minimum absolute atomic E-state index is 0.140. The average molecular weight is 277 g/mol. The third kappa shape index (κ3) is 2.67. The molecule has 0 N–H and O–H groups in total. The Morgan fingerprint density at radius 3 is 2.55 bits per heavy atom. The Bertz CT molecular complexity index is 506. The SMILES string of the molecule is COC(=O)C1COCCN1C(=O)c1c(C)cccc1C. The fourth-order valence-electron chi connectivity index (χ4n) is 2.47. The Hall–Kier alpha value is -1.88. The molecule has 0 spiro atoms. The summed E-state index contributed by atoms with van der Waals surface area (Å²) in [4.78, 5) is 26.1. The van der Waals surface area contributed by atoms with Crippen LogP contribution < -0.4 is 0 Å². The summed E-state index contributed by atoms with van der Waals surface area (Å²) in [5, 5.41) is 0. The monoisotopic (exact) mass is 277 g/mol. The molecule has 1 amide bonds. The molecule has 1 saturated heterocycles. The van der Waals surface area contributed by atoms with Gasteiger partial charge in [0.2, 0.25) is 0 Å². The van der Waals surface area contributed by atoms with Gasteiger partial charge >= 0.3 is 5.97 Å². The third-order valence-corrected chi connectivity index (χ3v) is 3.56. The van der Waals surface area contributed by atoms with E-state index in [2.05, 4.69) is 0 Å². The van der Waals surface area contributed by atoms with E-state index in [4.69, 9.17) is 9.47 Å². The highest BCUT2D eigenvalue weighted by Crippen LogP contribution is 2.19. The predicted molar refractivity (Wildman–Crippen MR) is 73.6 cm³/mol. The Kier molecular flexibility index (Phi) is 4.39. The molecule has 1 aromatic rings. The summed E-state index contributed by atoms with van der Waals surface area (Å²) in [5.74, 6) is -0.580. The molecule has 2 rings (SSSR count). The van der Waals surface area contributed by atoms with Crippen molar-refractivity contribution in [2.75, 3.05) is 26.9 Å². The highest BCUT2D eigenvalue weighted by Gasteiger charge is 2.34. The van der Waals surface area contributed by atoms with E-state index in [1.807, 2.05) is 32.0 Å². The number of rotatable bonds is 2. The largest absolute Gasteiger partial charge is 0.467 e. The minimum atomic E-state index is -0.666. The number of ether oxygens (including phenoxy) is 2. The second-order valence-corrected chi connectivity index (χ2v) is 4.88. The van der Waals surface area contributed by atoms with Gasteiger partial charge in [0, 0.05) is 12.1 Å². The molecule has 0 aromatic heterocycles. The molecule has 1 unspecified atom stereocenters. The van der Waals surface area contributed by atoms with Crippen LogP contribution in [0.25, 0.3) is 0 Å². The van der Waals surface area contributed by atoms with Gasteiger partial charge in [-0.15, -0.1) is 0 Å². The fourth-order valence-corrected chi connectivity index (χ4v) is 2.47. The minimum Gasteiger partial charge on any atom is -0.467 e. The van der Waals surface area contributed by atoms with E-state index in [-0.39, 0.29) is 12.5 Å². The van der Waals surface area contributed by atoms with Gasteiger partial charge in [0.05, 0.1) is 20.3 Å². The summed E-state index contributed by atoms with van der Waals surface area (Å²) < 4.78 is 10.0. The van der Waals surface area contributed by atoms with Crippen molar-refractivity contribution in [1.29, 1.82) is 0 Å². The first-order valence-corrected chi connectivity index (χ1v) is 6.59. The van der Waals surface area contributed by atoms with E-state index in [1.54, 1.807) is 4.90 Å². The Morgan fingerprint density at radius 1 is 1.30 bits per heavy atom. The molecule has 0 saturated carbocycles. The first-order valence-electron chi connectivity index (χ1n) is 6.59. The molecular weight excluding hydrogens is 258 g/mol. The molecule has 1 heterocycles. The maximum absolute atomic E-state index is 12.7. The van der Waals surface area contributed by atoms with Crippen LogP contribution in [0.2, 0.25) is 0 Å². The second-order valence-electron chi connectivity index (χ2n) is 4.88. The van der Waals surface area contributed by atoms with Gasteiger partial charge in [-0.05, 0) is 25.0 Å². The number of amides is 1. The van der Waals surface area contributed by atoms with Gasteiger partial charge < -0.3 is 14.4 Å². The molecular formula is C15H19NO4. The number of esters is 1. The molecule has 20 heavy (non-hydrogen) atoms. The molecule has 0 aliphatic carbocycles. The van der Waals surface area contributed by atoms with Crippen molar-refractivity contribution in [1.82, 2.24) is 4.90 Å². The van der Waals surface area contributed by atoms with Crippen molar-refractivity contribution in [3.05, 3.63) is 34.9 Å². The van der Waals surface area contributed by atoms with Gasteiger partial charge in [0.25, 0.3) is 5.91 Å². The average Bonchev–Trinajstić information content (AvgIpc) is 2.46. The third-order valence-electron chi connectivity index (χ3n) is 3.56. The van der Waals surface area contributed by atoms with Gasteiger partial charge in [-0.2, -0.15) is 0 Å². The summed E-state index contributed by atoms with van der Waals surface area (Å²) >= 11 is 0. The summed E-state index contributed by atoms with van der Waals surface area (Å²) in [6, 6.07) is 5.04. The van der Waals surface area contributed by atoms with Crippen molar-refractivity contribution in [2.45, 2.75) is 19.9 Å². The lowest BCUT2D eigenvalue weighted by Gasteiger charge is -2.34. The molecule has 108 valence electrons. The molecule has 5 heteroatoms. The smallest absolute Gasteiger partial charge is 0.331 e. The molecule has 1 atom stereocenters. The van der Waals surface area contributed by atoms with Crippen LogP contribution in [0, 0.1) is 13.8 Å². The van der Waals surface area contributed by atoms with Crippen molar-refractivity contribution in [2.24, 2.45) is 0 Å². The number of carbonyl (C=O) groups excluding carboxylic acids is 2. The highest BCUT2D eigenvalue weighted by atomic mass is 16.5. The zero-order valence-electron chi connectivity index (χ0n) is 12.0. The molecule has 1 aromatic carbocycles. The van der Waals surface area contributed by atoms with Gasteiger partial charge in [0.1, 0.15) is 0 Å². The van der Waals surface area contributed by atoms with Crippen LogP contribution in [-0.4, -0.2) is 49.7 Å². The van der Waals surface area contributed by atoms with Gasteiger partial charge in [-0.3, -0.25) is 4.79 Å². The Labute approximate surface area is 118 Å². The van der Waals surface area contributed by atoms with Crippen LogP contribution in [0.3, 0.4) is 0 Å². The summed E-state index contributed by atoms with van der Waals surface area (Å²) in [6.07, 6.45) is 0. The molecule has 1 aliphatic rings. The standard InChI is InChI=1S/C15H19NO4/c1-10-5-4-6-11(2)13(10)14(17)16-7-8-20-9-12(16)15(18)19-3/h4-6,12H,7-9H2,1-3H3. The predicted octanol–water partition coefficient (Wildman–Crippen LogP) is 1.32. The second kappa shape index (κ2) is 6.05. The van der Waals surface area contributed by atoms with Crippen LogP contribution in [0.15, 0.2) is 18.2 Å². The normalized spacial score (nSPS) is 18.8. The van der Waals surface area contributed by atoms with Crippen molar-refractivity contribution < 1.29 is 19.1 Å².